The van der Waals surface area contributed by atoms with E-state index >= 15 is 0 Å². The number of nitrogens with one attached hydrogen (secondary N) is 1. The molecule has 3 rings (SSSR count). The molecule has 0 unspecified atom stereocenters. The van der Waals surface area contributed by atoms with Crippen molar-refractivity contribution < 1.29 is 4.79 Å². The number of carbonyl (C=O) groups excluding carboxylic acids is 1. The molecule has 0 radical (unpaired) electrons. The van der Waals surface area contributed by atoms with E-state index in [0.717, 1.165) is 24.3 Å². The Hall–Kier alpha value is -1.55. The Morgan fingerprint density at radius 1 is 1.42 bits per heavy atom. The molecule has 1 amide bonds. The first-order valence-corrected chi connectivity index (χ1v) is 6.96. The highest BCUT2D eigenvalue weighted by Crippen LogP contribution is 2.41. The summed E-state index contributed by atoms with van der Waals surface area (Å²) < 4.78 is 0. The van der Waals surface area contributed by atoms with Crippen LogP contribution in [0.5, 0.6) is 0 Å². The molecular weight excluding hydrogens is 238 g/mol. The van der Waals surface area contributed by atoms with Gasteiger partial charge in [-0.1, -0.05) is 6.42 Å². The van der Waals surface area contributed by atoms with Crippen LogP contribution >= 0.6 is 0 Å². The van der Waals surface area contributed by atoms with Gasteiger partial charge in [-0.15, -0.1) is 0 Å². The Balaban J connectivity index is 1.75. The van der Waals surface area contributed by atoms with Crippen LogP contribution in [0.4, 0.5) is 11.4 Å². The fraction of sp³-hybridized carbons (Fsp3) is 0.533. The molecule has 1 aliphatic heterocycles. The van der Waals surface area contributed by atoms with Gasteiger partial charge in [0.1, 0.15) is 0 Å². The highest BCUT2D eigenvalue weighted by atomic mass is 16.1. The molecule has 4 nitrogen and oxygen atoms in total. The number of nitrogens with two attached hydrogens (primary N) is 1. The number of rotatable bonds is 4. The third-order valence-corrected chi connectivity index (χ3v) is 4.57. The van der Waals surface area contributed by atoms with Gasteiger partial charge in [-0.25, -0.2) is 0 Å². The van der Waals surface area contributed by atoms with E-state index in [1.54, 1.807) is 0 Å². The highest BCUT2D eigenvalue weighted by molar-refractivity contribution is 5.99. The molecule has 1 saturated carbocycles. The van der Waals surface area contributed by atoms with Gasteiger partial charge < -0.3 is 16.0 Å². The average Bonchev–Trinajstić information content (AvgIpc) is 2.72. The van der Waals surface area contributed by atoms with Crippen molar-refractivity contribution >= 4 is 17.3 Å². The number of benzene rings is 1. The van der Waals surface area contributed by atoms with Crippen molar-refractivity contribution in [3.8, 4) is 0 Å². The Kier molecular flexibility index (Phi) is 2.97. The molecule has 2 aliphatic rings. The van der Waals surface area contributed by atoms with Crippen LogP contribution in [0.2, 0.25) is 0 Å². The Morgan fingerprint density at radius 2 is 2.21 bits per heavy atom. The van der Waals surface area contributed by atoms with Crippen molar-refractivity contribution in [1.82, 2.24) is 0 Å². The molecule has 0 saturated heterocycles. The van der Waals surface area contributed by atoms with E-state index < -0.39 is 0 Å². The van der Waals surface area contributed by atoms with Crippen LogP contribution in [-0.2, 0) is 11.2 Å². The lowest BCUT2D eigenvalue weighted by molar-refractivity contribution is -0.115. The van der Waals surface area contributed by atoms with E-state index in [-0.39, 0.29) is 5.91 Å². The van der Waals surface area contributed by atoms with Gasteiger partial charge in [0, 0.05) is 30.4 Å². The topological polar surface area (TPSA) is 58.4 Å². The average molecular weight is 259 g/mol. The molecular formula is C15H21N3O. The molecule has 1 fully saturated rings. The van der Waals surface area contributed by atoms with Crippen molar-refractivity contribution in [3.63, 3.8) is 0 Å². The SMILES string of the molecule is CN(CC1(CN)CCC1)c1ccc2c(c1)CC(=O)N2. The number of hydrogen-bond acceptors (Lipinski definition) is 3. The summed E-state index contributed by atoms with van der Waals surface area (Å²) in [4.78, 5) is 13.6. The molecule has 4 heteroatoms. The van der Waals surface area contributed by atoms with E-state index in [9.17, 15) is 4.79 Å². The summed E-state index contributed by atoms with van der Waals surface area (Å²) in [5, 5.41) is 2.87. The first-order valence-electron chi connectivity index (χ1n) is 6.96. The van der Waals surface area contributed by atoms with Crippen LogP contribution in [0.25, 0.3) is 0 Å². The van der Waals surface area contributed by atoms with Crippen LogP contribution in [0.1, 0.15) is 24.8 Å². The zero-order valence-corrected chi connectivity index (χ0v) is 11.4. The number of fused-ring (bicyclic) bond motifs is 1. The smallest absolute Gasteiger partial charge is 0.228 e. The highest BCUT2D eigenvalue weighted by Gasteiger charge is 2.36. The Morgan fingerprint density at radius 3 is 2.84 bits per heavy atom. The van der Waals surface area contributed by atoms with Gasteiger partial charge >= 0.3 is 0 Å². The fourth-order valence-corrected chi connectivity index (χ4v) is 3.15. The standard InChI is InChI=1S/C15H21N3O/c1-18(10-15(9-16)5-2-6-15)12-3-4-13-11(7-12)8-14(19)17-13/h3-4,7H,2,5-6,8-10,16H2,1H3,(H,17,19). The molecule has 102 valence electrons. The number of carbonyl (C=O) groups is 1. The van der Waals surface area contributed by atoms with E-state index in [4.69, 9.17) is 5.73 Å². The Labute approximate surface area is 114 Å². The first kappa shape index (κ1) is 12.5. The summed E-state index contributed by atoms with van der Waals surface area (Å²) in [5.41, 5.74) is 9.46. The summed E-state index contributed by atoms with van der Waals surface area (Å²) in [6.45, 7) is 1.77. The lowest BCUT2D eigenvalue weighted by atomic mass is 9.68. The van der Waals surface area contributed by atoms with Crippen molar-refractivity contribution in [2.75, 3.05) is 30.4 Å². The minimum Gasteiger partial charge on any atom is -0.374 e. The molecule has 1 aromatic rings. The zero-order chi connectivity index (χ0) is 13.5. The molecule has 0 atom stereocenters. The second-order valence-corrected chi connectivity index (χ2v) is 5.98. The van der Waals surface area contributed by atoms with Crippen molar-refractivity contribution in [2.45, 2.75) is 25.7 Å². The number of anilines is 2. The number of hydrogen-bond donors (Lipinski definition) is 2. The maximum Gasteiger partial charge on any atom is 0.228 e. The summed E-state index contributed by atoms with van der Waals surface area (Å²) in [6.07, 6.45) is 4.27. The van der Waals surface area contributed by atoms with E-state index in [0.29, 0.717) is 11.8 Å². The van der Waals surface area contributed by atoms with Crippen molar-refractivity contribution in [2.24, 2.45) is 11.1 Å². The van der Waals surface area contributed by atoms with E-state index in [1.165, 1.54) is 24.9 Å². The lowest BCUT2D eigenvalue weighted by Crippen LogP contribution is -2.46. The summed E-state index contributed by atoms with van der Waals surface area (Å²) in [5.74, 6) is 0.0900. The van der Waals surface area contributed by atoms with E-state index in [2.05, 4.69) is 29.4 Å². The van der Waals surface area contributed by atoms with Crippen LogP contribution in [0.3, 0.4) is 0 Å². The zero-order valence-electron chi connectivity index (χ0n) is 11.4. The summed E-state index contributed by atoms with van der Waals surface area (Å²) in [7, 11) is 2.11. The predicted octanol–water partition coefficient (Wildman–Crippen LogP) is 1.75. The van der Waals surface area contributed by atoms with Crippen LogP contribution < -0.4 is 16.0 Å². The third-order valence-electron chi connectivity index (χ3n) is 4.57. The monoisotopic (exact) mass is 259 g/mol. The van der Waals surface area contributed by atoms with Gasteiger partial charge in [0.15, 0.2) is 0 Å². The van der Waals surface area contributed by atoms with Gasteiger partial charge in [-0.3, -0.25) is 4.79 Å². The first-order chi connectivity index (χ1) is 9.12. The van der Waals surface area contributed by atoms with E-state index in [1.807, 2.05) is 6.07 Å². The molecule has 19 heavy (non-hydrogen) atoms. The van der Waals surface area contributed by atoms with Crippen LogP contribution in [0, 0.1) is 5.41 Å². The third kappa shape index (κ3) is 2.21. The lowest BCUT2D eigenvalue weighted by Gasteiger charge is -2.44. The second-order valence-electron chi connectivity index (χ2n) is 5.98. The maximum absolute atomic E-state index is 11.4. The number of nitrogens with zero attached hydrogens (tertiary/aromatic N) is 1. The maximum atomic E-state index is 11.4. The molecule has 3 N–H and O–H groups in total. The minimum atomic E-state index is 0.0900. The predicted molar refractivity (Wildman–Crippen MR) is 77.4 cm³/mol. The summed E-state index contributed by atoms with van der Waals surface area (Å²) >= 11 is 0. The molecule has 1 heterocycles. The Bertz CT molecular complexity index is 503. The van der Waals surface area contributed by atoms with Gasteiger partial charge in [-0.2, -0.15) is 0 Å². The van der Waals surface area contributed by atoms with Crippen molar-refractivity contribution in [3.05, 3.63) is 23.8 Å². The largest absolute Gasteiger partial charge is 0.374 e. The quantitative estimate of drug-likeness (QED) is 0.866. The molecule has 1 aliphatic carbocycles. The molecule has 1 aromatic carbocycles. The van der Waals surface area contributed by atoms with Gasteiger partial charge in [0.25, 0.3) is 0 Å². The second kappa shape index (κ2) is 4.53. The van der Waals surface area contributed by atoms with Crippen LogP contribution in [0.15, 0.2) is 18.2 Å². The van der Waals surface area contributed by atoms with Crippen LogP contribution in [-0.4, -0.2) is 26.0 Å². The molecule has 0 bridgehead atoms. The molecule has 0 spiro atoms. The van der Waals surface area contributed by atoms with Gasteiger partial charge in [0.2, 0.25) is 5.91 Å². The normalized spacial score (nSPS) is 19.6. The van der Waals surface area contributed by atoms with Gasteiger partial charge in [0.05, 0.1) is 6.42 Å². The summed E-state index contributed by atoms with van der Waals surface area (Å²) in [6, 6.07) is 6.20. The molecule has 0 aromatic heterocycles. The van der Waals surface area contributed by atoms with Crippen molar-refractivity contribution in [1.29, 1.82) is 0 Å². The number of amides is 1. The van der Waals surface area contributed by atoms with Gasteiger partial charge in [-0.05, 0) is 43.1 Å². The minimum absolute atomic E-state index is 0.0900. The fourth-order valence-electron chi connectivity index (χ4n) is 3.15.